The Hall–Kier alpha value is -3.49. The Morgan fingerprint density at radius 2 is 1.41 bits per heavy atom. The number of anilines is 1. The molecule has 2 fully saturated rings. The van der Waals surface area contributed by atoms with Crippen LogP contribution in [-0.2, 0) is 9.59 Å². The second kappa shape index (κ2) is 10.2. The molecule has 8 heteroatoms. The van der Waals surface area contributed by atoms with Gasteiger partial charge >= 0.3 is 0 Å². The van der Waals surface area contributed by atoms with Gasteiger partial charge in [0.05, 0.1) is 24.5 Å². The zero-order valence-electron chi connectivity index (χ0n) is 19.2. The van der Waals surface area contributed by atoms with Gasteiger partial charge in [0.1, 0.15) is 5.82 Å². The van der Waals surface area contributed by atoms with E-state index in [0.29, 0.717) is 24.9 Å². The highest BCUT2D eigenvalue weighted by atomic mass is 16.2. The number of nitrogens with zero attached hydrogens (tertiary/aromatic N) is 4. The minimum atomic E-state index is -0.0726. The van der Waals surface area contributed by atoms with E-state index in [1.54, 1.807) is 4.68 Å². The van der Waals surface area contributed by atoms with E-state index in [-0.39, 0.29) is 11.8 Å². The number of aromatic nitrogens is 2. The number of carbonyl (C=O) groups excluding carboxylic acids is 2. The quantitative estimate of drug-likeness (QED) is 0.542. The molecule has 2 aromatic carbocycles. The van der Waals surface area contributed by atoms with Gasteiger partial charge in [0.15, 0.2) is 0 Å². The normalized spacial score (nSPS) is 16.8. The molecule has 1 aromatic heterocycles. The maximum atomic E-state index is 12.9. The first-order valence-corrected chi connectivity index (χ1v) is 11.9. The van der Waals surface area contributed by atoms with Crippen molar-refractivity contribution < 1.29 is 9.59 Å². The monoisotopic (exact) mass is 458 g/mol. The molecule has 1 aliphatic carbocycles. The van der Waals surface area contributed by atoms with Gasteiger partial charge in [-0.05, 0) is 25.0 Å². The van der Waals surface area contributed by atoms with Gasteiger partial charge in [-0.3, -0.25) is 19.4 Å². The molecule has 2 N–H and O–H groups in total. The summed E-state index contributed by atoms with van der Waals surface area (Å²) in [5.74, 6) is 0.680. The molecule has 34 heavy (non-hydrogen) atoms. The van der Waals surface area contributed by atoms with Gasteiger partial charge in [-0.2, -0.15) is 5.10 Å². The third-order valence-corrected chi connectivity index (χ3v) is 6.19. The Morgan fingerprint density at radius 1 is 0.824 bits per heavy atom. The van der Waals surface area contributed by atoms with Crippen molar-refractivity contribution in [3.63, 3.8) is 0 Å². The van der Waals surface area contributed by atoms with E-state index in [9.17, 15) is 9.59 Å². The molecule has 0 unspecified atom stereocenters. The molecule has 5 rings (SSSR count). The second-order valence-electron chi connectivity index (χ2n) is 8.97. The number of benzene rings is 2. The molecular formula is C26H30N6O2. The summed E-state index contributed by atoms with van der Waals surface area (Å²) in [5, 5.41) is 10.9. The predicted octanol–water partition coefficient (Wildman–Crippen LogP) is 2.37. The Kier molecular flexibility index (Phi) is 6.69. The first-order chi connectivity index (χ1) is 16.6. The lowest BCUT2D eigenvalue weighted by molar-refractivity contribution is -0.123. The van der Waals surface area contributed by atoms with Gasteiger partial charge in [0.2, 0.25) is 11.8 Å². The molecule has 1 saturated heterocycles. The first-order valence-electron chi connectivity index (χ1n) is 11.9. The van der Waals surface area contributed by atoms with E-state index >= 15 is 0 Å². The molecule has 1 aliphatic heterocycles. The minimum absolute atomic E-state index is 0.0726. The van der Waals surface area contributed by atoms with Crippen LogP contribution in [0, 0.1) is 0 Å². The van der Waals surface area contributed by atoms with Crippen LogP contribution in [0.25, 0.3) is 16.9 Å². The van der Waals surface area contributed by atoms with Crippen LogP contribution in [0.3, 0.4) is 0 Å². The smallest absolute Gasteiger partial charge is 0.239 e. The molecule has 2 aliphatic rings. The first kappa shape index (κ1) is 22.3. The van der Waals surface area contributed by atoms with Crippen molar-refractivity contribution in [2.45, 2.75) is 18.9 Å². The molecule has 3 aromatic rings. The fraction of sp³-hybridized carbons (Fsp3) is 0.346. The summed E-state index contributed by atoms with van der Waals surface area (Å²) in [5.41, 5.74) is 2.69. The van der Waals surface area contributed by atoms with Gasteiger partial charge < -0.3 is 10.6 Å². The summed E-state index contributed by atoms with van der Waals surface area (Å²) in [6.07, 6.45) is 2.20. The van der Waals surface area contributed by atoms with Crippen LogP contribution < -0.4 is 10.6 Å². The summed E-state index contributed by atoms with van der Waals surface area (Å²) in [6, 6.07) is 22.0. The van der Waals surface area contributed by atoms with E-state index in [0.717, 1.165) is 56.0 Å². The minimum Gasteiger partial charge on any atom is -0.352 e. The number of rotatable bonds is 8. The molecule has 0 spiro atoms. The number of amides is 2. The zero-order chi connectivity index (χ0) is 23.3. The van der Waals surface area contributed by atoms with Crippen molar-refractivity contribution in [2.24, 2.45) is 0 Å². The van der Waals surface area contributed by atoms with E-state index in [2.05, 4.69) is 20.4 Å². The van der Waals surface area contributed by atoms with Crippen LogP contribution in [-0.4, -0.2) is 76.7 Å². The average Bonchev–Trinajstić information content (AvgIpc) is 3.57. The fourth-order valence-electron chi connectivity index (χ4n) is 4.18. The molecule has 0 bridgehead atoms. The fourth-order valence-corrected chi connectivity index (χ4v) is 4.18. The molecule has 0 atom stereocenters. The number of carbonyl (C=O) groups is 2. The molecular weight excluding hydrogens is 428 g/mol. The average molecular weight is 459 g/mol. The lowest BCUT2D eigenvalue weighted by Gasteiger charge is -2.33. The Balaban J connectivity index is 1.20. The maximum Gasteiger partial charge on any atom is 0.239 e. The van der Waals surface area contributed by atoms with E-state index in [1.165, 1.54) is 0 Å². The number of hydrogen-bond donors (Lipinski definition) is 2. The topological polar surface area (TPSA) is 82.5 Å². The van der Waals surface area contributed by atoms with E-state index in [4.69, 9.17) is 5.10 Å². The zero-order valence-corrected chi connectivity index (χ0v) is 19.2. The lowest BCUT2D eigenvalue weighted by Crippen LogP contribution is -2.51. The highest BCUT2D eigenvalue weighted by molar-refractivity contribution is 5.92. The van der Waals surface area contributed by atoms with Crippen LogP contribution in [0.4, 0.5) is 5.82 Å². The second-order valence-corrected chi connectivity index (χ2v) is 8.97. The number of piperazine rings is 1. The molecule has 0 radical (unpaired) electrons. The van der Waals surface area contributed by atoms with E-state index in [1.807, 2.05) is 66.7 Å². The van der Waals surface area contributed by atoms with Gasteiger partial charge in [-0.25, -0.2) is 4.68 Å². The van der Waals surface area contributed by atoms with Gasteiger partial charge in [0.25, 0.3) is 0 Å². The molecule has 2 amide bonds. The molecule has 8 nitrogen and oxygen atoms in total. The highest BCUT2D eigenvalue weighted by Crippen LogP contribution is 2.24. The van der Waals surface area contributed by atoms with Gasteiger partial charge in [0, 0.05) is 43.9 Å². The highest BCUT2D eigenvalue weighted by Gasteiger charge is 2.26. The van der Waals surface area contributed by atoms with Crippen molar-refractivity contribution in [1.29, 1.82) is 0 Å². The third kappa shape index (κ3) is 5.70. The number of hydrogen-bond acceptors (Lipinski definition) is 5. The number of para-hydroxylation sites is 1. The summed E-state index contributed by atoms with van der Waals surface area (Å²) in [6.45, 7) is 3.84. The van der Waals surface area contributed by atoms with Gasteiger partial charge in [-0.15, -0.1) is 0 Å². The Bertz CT molecular complexity index is 1120. The summed E-state index contributed by atoms with van der Waals surface area (Å²) < 4.78 is 1.77. The van der Waals surface area contributed by atoms with Crippen molar-refractivity contribution in [2.75, 3.05) is 44.6 Å². The molecule has 176 valence electrons. The number of nitrogens with one attached hydrogen (secondary N) is 2. The predicted molar refractivity (Wildman–Crippen MR) is 132 cm³/mol. The van der Waals surface area contributed by atoms with Crippen LogP contribution in [0.1, 0.15) is 12.8 Å². The molecule has 2 heterocycles. The van der Waals surface area contributed by atoms with Crippen molar-refractivity contribution in [3.05, 3.63) is 66.7 Å². The molecule has 1 saturated carbocycles. The maximum absolute atomic E-state index is 12.9. The summed E-state index contributed by atoms with van der Waals surface area (Å²) >= 11 is 0. The summed E-state index contributed by atoms with van der Waals surface area (Å²) in [7, 11) is 0. The SMILES string of the molecule is O=C(CN1CCN(CC(=O)NC2CC2)CC1)Nc1cc(-c2ccccc2)nn1-c1ccccc1. The van der Waals surface area contributed by atoms with Crippen LogP contribution in [0.5, 0.6) is 0 Å². The van der Waals surface area contributed by atoms with Crippen molar-refractivity contribution in [1.82, 2.24) is 24.9 Å². The standard InChI is InChI=1S/C26H30N6O2/c33-25(27-21-11-12-21)18-30-13-15-31(16-14-30)19-26(34)28-24-17-23(20-7-3-1-4-8-20)29-32(24)22-9-5-2-6-10-22/h1-10,17,21H,11-16,18-19H2,(H,27,33)(H,28,34). The summed E-state index contributed by atoms with van der Waals surface area (Å²) in [4.78, 5) is 29.3. The Morgan fingerprint density at radius 3 is 2.03 bits per heavy atom. The van der Waals surface area contributed by atoms with Gasteiger partial charge in [-0.1, -0.05) is 48.5 Å². The lowest BCUT2D eigenvalue weighted by atomic mass is 10.1. The van der Waals surface area contributed by atoms with Crippen LogP contribution >= 0.6 is 0 Å². The van der Waals surface area contributed by atoms with Crippen molar-refractivity contribution >= 4 is 17.6 Å². The van der Waals surface area contributed by atoms with Crippen LogP contribution in [0.2, 0.25) is 0 Å². The van der Waals surface area contributed by atoms with E-state index < -0.39 is 0 Å². The third-order valence-electron chi connectivity index (χ3n) is 6.19. The largest absolute Gasteiger partial charge is 0.352 e. The van der Waals surface area contributed by atoms with Crippen LogP contribution in [0.15, 0.2) is 66.7 Å². The Labute approximate surface area is 199 Å². The van der Waals surface area contributed by atoms with Crippen molar-refractivity contribution in [3.8, 4) is 16.9 Å².